The number of hydrogen-bond donors (Lipinski definition) is 0. The zero-order valence-corrected chi connectivity index (χ0v) is 7.71. The molecular weight excluding hydrogens is 183 g/mol. The lowest BCUT2D eigenvalue weighted by Gasteiger charge is -1.89. The standard InChI is InChI=1S/C11H9FO2/c1-2-10-9(6-13)8-5-7(12)3-4-11(8)14-10/h3-6H,2H2,1H3. The van der Waals surface area contributed by atoms with Crippen molar-refractivity contribution in [2.75, 3.05) is 0 Å². The Balaban J connectivity index is 2.81. The Labute approximate surface area is 80.3 Å². The molecule has 1 heterocycles. The normalized spacial score (nSPS) is 10.7. The second-order valence-corrected chi connectivity index (χ2v) is 3.05. The van der Waals surface area contributed by atoms with Gasteiger partial charge in [0.2, 0.25) is 0 Å². The summed E-state index contributed by atoms with van der Waals surface area (Å²) in [4.78, 5) is 10.8. The Hall–Kier alpha value is -1.64. The van der Waals surface area contributed by atoms with Crippen LogP contribution in [-0.4, -0.2) is 6.29 Å². The highest BCUT2D eigenvalue weighted by Gasteiger charge is 2.12. The second kappa shape index (κ2) is 3.25. The summed E-state index contributed by atoms with van der Waals surface area (Å²) in [5.74, 6) is 0.254. The fraction of sp³-hybridized carbons (Fsp3) is 0.182. The molecule has 0 N–H and O–H groups in total. The number of hydrogen-bond acceptors (Lipinski definition) is 2. The van der Waals surface area contributed by atoms with Gasteiger partial charge in [-0.15, -0.1) is 0 Å². The second-order valence-electron chi connectivity index (χ2n) is 3.05. The molecule has 0 bridgehead atoms. The predicted octanol–water partition coefficient (Wildman–Crippen LogP) is 2.95. The maximum atomic E-state index is 12.9. The van der Waals surface area contributed by atoms with E-state index in [1.54, 1.807) is 0 Å². The SMILES string of the molecule is CCc1oc2ccc(F)cc2c1C=O. The first-order chi connectivity index (χ1) is 6.76. The molecule has 0 unspecified atom stereocenters. The molecule has 0 saturated heterocycles. The molecular formula is C11H9FO2. The van der Waals surface area contributed by atoms with Gasteiger partial charge in [-0.05, 0) is 18.2 Å². The van der Waals surface area contributed by atoms with E-state index in [1.165, 1.54) is 18.2 Å². The number of benzene rings is 1. The monoisotopic (exact) mass is 192 g/mol. The van der Waals surface area contributed by atoms with Crippen LogP contribution >= 0.6 is 0 Å². The van der Waals surface area contributed by atoms with Gasteiger partial charge in [0, 0.05) is 11.8 Å². The van der Waals surface area contributed by atoms with E-state index in [-0.39, 0.29) is 5.82 Å². The first-order valence-corrected chi connectivity index (χ1v) is 4.42. The van der Waals surface area contributed by atoms with Gasteiger partial charge in [-0.25, -0.2) is 4.39 Å². The highest BCUT2D eigenvalue weighted by Crippen LogP contribution is 2.25. The zero-order valence-electron chi connectivity index (χ0n) is 7.71. The Morgan fingerprint density at radius 3 is 2.93 bits per heavy atom. The minimum atomic E-state index is -0.357. The molecule has 2 aromatic rings. The summed E-state index contributed by atoms with van der Waals surface area (Å²) in [6.07, 6.45) is 1.34. The third-order valence-corrected chi connectivity index (χ3v) is 2.20. The van der Waals surface area contributed by atoms with Gasteiger partial charge in [-0.3, -0.25) is 4.79 Å². The lowest BCUT2D eigenvalue weighted by molar-refractivity contribution is 0.112. The van der Waals surface area contributed by atoms with E-state index >= 15 is 0 Å². The predicted molar refractivity (Wildman–Crippen MR) is 50.9 cm³/mol. The van der Waals surface area contributed by atoms with Crippen LogP contribution in [0.25, 0.3) is 11.0 Å². The summed E-state index contributed by atoms with van der Waals surface area (Å²) >= 11 is 0. The Bertz CT molecular complexity index is 485. The van der Waals surface area contributed by atoms with Crippen molar-refractivity contribution >= 4 is 17.3 Å². The van der Waals surface area contributed by atoms with Crippen molar-refractivity contribution in [3.63, 3.8) is 0 Å². The number of rotatable bonds is 2. The Kier molecular flexibility index (Phi) is 2.08. The van der Waals surface area contributed by atoms with E-state index in [4.69, 9.17) is 4.42 Å². The van der Waals surface area contributed by atoms with Gasteiger partial charge in [-0.2, -0.15) is 0 Å². The molecule has 0 amide bonds. The molecule has 0 atom stereocenters. The summed E-state index contributed by atoms with van der Waals surface area (Å²) in [5, 5.41) is 0.553. The topological polar surface area (TPSA) is 30.2 Å². The van der Waals surface area contributed by atoms with Crippen molar-refractivity contribution < 1.29 is 13.6 Å². The summed E-state index contributed by atoms with van der Waals surface area (Å²) in [5.41, 5.74) is 1.02. The highest BCUT2D eigenvalue weighted by atomic mass is 19.1. The minimum Gasteiger partial charge on any atom is -0.460 e. The van der Waals surface area contributed by atoms with Gasteiger partial charge in [0.05, 0.1) is 5.56 Å². The van der Waals surface area contributed by atoms with E-state index in [0.717, 1.165) is 0 Å². The molecule has 0 saturated carbocycles. The van der Waals surface area contributed by atoms with E-state index in [2.05, 4.69) is 0 Å². The number of carbonyl (C=O) groups is 1. The van der Waals surface area contributed by atoms with Crippen LogP contribution in [0.4, 0.5) is 4.39 Å². The Morgan fingerprint density at radius 2 is 2.29 bits per heavy atom. The number of carbonyl (C=O) groups excluding carboxylic acids is 1. The van der Waals surface area contributed by atoms with Crippen molar-refractivity contribution in [2.45, 2.75) is 13.3 Å². The minimum absolute atomic E-state index is 0.357. The van der Waals surface area contributed by atoms with Gasteiger partial charge in [-0.1, -0.05) is 6.92 Å². The molecule has 0 radical (unpaired) electrons. The first kappa shape index (κ1) is 8.94. The maximum Gasteiger partial charge on any atom is 0.154 e. The summed E-state index contributed by atoms with van der Waals surface area (Å²) in [6, 6.07) is 4.18. The van der Waals surface area contributed by atoms with E-state index < -0.39 is 0 Å². The molecule has 0 fully saturated rings. The quantitative estimate of drug-likeness (QED) is 0.685. The molecule has 0 aliphatic carbocycles. The zero-order chi connectivity index (χ0) is 10.1. The highest BCUT2D eigenvalue weighted by molar-refractivity contribution is 5.97. The molecule has 2 nitrogen and oxygen atoms in total. The first-order valence-electron chi connectivity index (χ1n) is 4.42. The van der Waals surface area contributed by atoms with Crippen LogP contribution in [0.1, 0.15) is 23.0 Å². The molecule has 72 valence electrons. The van der Waals surface area contributed by atoms with Crippen LogP contribution in [0.15, 0.2) is 22.6 Å². The molecule has 3 heteroatoms. The lowest BCUT2D eigenvalue weighted by Crippen LogP contribution is -1.84. The molecule has 0 aliphatic heterocycles. The largest absolute Gasteiger partial charge is 0.460 e. The molecule has 0 aliphatic rings. The third-order valence-electron chi connectivity index (χ3n) is 2.20. The molecule has 1 aromatic carbocycles. The number of fused-ring (bicyclic) bond motifs is 1. The fourth-order valence-corrected chi connectivity index (χ4v) is 1.53. The van der Waals surface area contributed by atoms with Crippen molar-refractivity contribution in [2.24, 2.45) is 0 Å². The van der Waals surface area contributed by atoms with Gasteiger partial charge in [0.1, 0.15) is 17.2 Å². The number of aryl methyl sites for hydroxylation is 1. The smallest absolute Gasteiger partial charge is 0.154 e. The van der Waals surface area contributed by atoms with Crippen molar-refractivity contribution in [3.05, 3.63) is 35.3 Å². The van der Waals surface area contributed by atoms with Crippen molar-refractivity contribution in [3.8, 4) is 0 Å². The van der Waals surface area contributed by atoms with Crippen LogP contribution in [0.3, 0.4) is 0 Å². The number of aldehydes is 1. The van der Waals surface area contributed by atoms with E-state index in [0.29, 0.717) is 35.0 Å². The van der Waals surface area contributed by atoms with Crippen LogP contribution in [-0.2, 0) is 6.42 Å². The molecule has 14 heavy (non-hydrogen) atoms. The van der Waals surface area contributed by atoms with E-state index in [9.17, 15) is 9.18 Å². The van der Waals surface area contributed by atoms with Crippen molar-refractivity contribution in [1.82, 2.24) is 0 Å². The third kappa shape index (κ3) is 1.21. The van der Waals surface area contributed by atoms with Crippen LogP contribution in [0.2, 0.25) is 0 Å². The maximum absolute atomic E-state index is 12.9. The molecule has 1 aromatic heterocycles. The van der Waals surface area contributed by atoms with Crippen LogP contribution in [0.5, 0.6) is 0 Å². The van der Waals surface area contributed by atoms with Gasteiger partial charge in [0.15, 0.2) is 6.29 Å². The van der Waals surface area contributed by atoms with Crippen LogP contribution < -0.4 is 0 Å². The average Bonchev–Trinajstić information content (AvgIpc) is 2.54. The average molecular weight is 192 g/mol. The van der Waals surface area contributed by atoms with E-state index in [1.807, 2.05) is 6.92 Å². The van der Waals surface area contributed by atoms with Gasteiger partial charge < -0.3 is 4.42 Å². The summed E-state index contributed by atoms with van der Waals surface area (Å²) < 4.78 is 18.3. The summed E-state index contributed by atoms with van der Waals surface area (Å²) in [6.45, 7) is 1.89. The fourth-order valence-electron chi connectivity index (χ4n) is 1.53. The van der Waals surface area contributed by atoms with Crippen LogP contribution in [0, 0.1) is 5.82 Å². The van der Waals surface area contributed by atoms with Gasteiger partial charge >= 0.3 is 0 Å². The van der Waals surface area contributed by atoms with Crippen molar-refractivity contribution in [1.29, 1.82) is 0 Å². The lowest BCUT2D eigenvalue weighted by atomic mass is 10.1. The number of furan rings is 1. The van der Waals surface area contributed by atoms with Gasteiger partial charge in [0.25, 0.3) is 0 Å². The molecule has 0 spiro atoms. The Morgan fingerprint density at radius 1 is 1.50 bits per heavy atom. The summed E-state index contributed by atoms with van der Waals surface area (Å²) in [7, 11) is 0. The number of halogens is 1. The molecule has 2 rings (SSSR count).